The normalized spacial score (nSPS) is 10.9. The Morgan fingerprint density at radius 2 is 0.957 bits per heavy atom. The van der Waals surface area contributed by atoms with Crippen LogP contribution < -0.4 is 0 Å². The number of hydrogen-bond acceptors (Lipinski definition) is 4. The van der Waals surface area contributed by atoms with Crippen molar-refractivity contribution in [2.24, 2.45) is 0 Å². The van der Waals surface area contributed by atoms with Gasteiger partial charge in [-0.15, -0.1) is 0 Å². The van der Waals surface area contributed by atoms with Gasteiger partial charge in [-0.25, -0.2) is 0 Å². The lowest BCUT2D eigenvalue weighted by Crippen LogP contribution is -1.99. The lowest BCUT2D eigenvalue weighted by Gasteiger charge is -2.00. The fourth-order valence-corrected chi connectivity index (χ4v) is 2.39. The molecule has 0 aliphatic heterocycles. The van der Waals surface area contributed by atoms with Gasteiger partial charge in [0.15, 0.2) is 0 Å². The molecule has 0 atom stereocenters. The van der Waals surface area contributed by atoms with Gasteiger partial charge in [0.1, 0.15) is 0 Å². The van der Waals surface area contributed by atoms with Gasteiger partial charge >= 0.3 is 11.9 Å². The minimum atomic E-state index is -0.102. The highest BCUT2D eigenvalue weighted by Crippen LogP contribution is 2.09. The first kappa shape index (κ1) is 21.7. The average molecular weight is 326 g/mol. The molecule has 0 aromatic heterocycles. The Morgan fingerprint density at radius 3 is 1.35 bits per heavy atom. The van der Waals surface area contributed by atoms with E-state index in [2.05, 4.69) is 21.6 Å². The molecule has 0 saturated heterocycles. The van der Waals surface area contributed by atoms with Gasteiger partial charge in [0.25, 0.3) is 0 Å². The molecule has 0 saturated carbocycles. The van der Waals surface area contributed by atoms with Gasteiger partial charge < -0.3 is 9.47 Å². The van der Waals surface area contributed by atoms with E-state index in [-0.39, 0.29) is 11.9 Å². The molecule has 0 aliphatic carbocycles. The van der Waals surface area contributed by atoms with E-state index < -0.39 is 0 Å². The van der Waals surface area contributed by atoms with Crippen LogP contribution in [0.3, 0.4) is 0 Å². The van der Waals surface area contributed by atoms with Gasteiger partial charge in [-0.1, -0.05) is 44.3 Å². The molecule has 134 valence electrons. The molecule has 0 aromatic carbocycles. The summed E-state index contributed by atoms with van der Waals surface area (Å²) < 4.78 is 9.22. The molecule has 0 unspecified atom stereocenters. The number of methoxy groups -OCH3 is 2. The Balaban J connectivity index is 3.17. The summed E-state index contributed by atoms with van der Waals surface area (Å²) in [6.07, 6.45) is 18.1. The molecule has 0 radical (unpaired) electrons. The van der Waals surface area contributed by atoms with Crippen molar-refractivity contribution in [3.8, 4) is 0 Å². The molecule has 4 heteroatoms. The largest absolute Gasteiger partial charge is 0.469 e. The molecule has 0 amide bonds. The van der Waals surface area contributed by atoms with E-state index in [1.807, 2.05) is 0 Å². The average Bonchev–Trinajstić information content (AvgIpc) is 2.57. The van der Waals surface area contributed by atoms with Crippen molar-refractivity contribution in [1.82, 2.24) is 0 Å². The first-order valence-corrected chi connectivity index (χ1v) is 8.99. The number of ether oxygens (including phenoxy) is 2. The second-order valence-corrected chi connectivity index (χ2v) is 5.88. The van der Waals surface area contributed by atoms with Crippen LogP contribution >= 0.6 is 0 Å². The number of unbranched alkanes of at least 4 members (excludes halogenated alkanes) is 9. The molecule has 0 N–H and O–H groups in total. The zero-order valence-corrected chi connectivity index (χ0v) is 15.0. The quantitative estimate of drug-likeness (QED) is 0.242. The van der Waals surface area contributed by atoms with Gasteiger partial charge in [0, 0.05) is 12.8 Å². The van der Waals surface area contributed by atoms with Crippen LogP contribution in [0, 0.1) is 0 Å². The minimum absolute atomic E-state index is 0.0989. The highest BCUT2D eigenvalue weighted by Gasteiger charge is 1.99. The Hall–Kier alpha value is -1.32. The Labute approximate surface area is 141 Å². The van der Waals surface area contributed by atoms with Crippen molar-refractivity contribution in [3.63, 3.8) is 0 Å². The van der Waals surface area contributed by atoms with E-state index in [0.717, 1.165) is 38.5 Å². The van der Waals surface area contributed by atoms with Crippen molar-refractivity contribution in [1.29, 1.82) is 0 Å². The third-order valence-electron chi connectivity index (χ3n) is 3.88. The van der Waals surface area contributed by atoms with Gasteiger partial charge in [0.2, 0.25) is 0 Å². The molecular formula is C19H34O4. The highest BCUT2D eigenvalue weighted by molar-refractivity contribution is 5.69. The number of hydrogen-bond donors (Lipinski definition) is 0. The van der Waals surface area contributed by atoms with Crippen LogP contribution in [0.5, 0.6) is 0 Å². The maximum atomic E-state index is 10.9. The van der Waals surface area contributed by atoms with Gasteiger partial charge in [-0.3, -0.25) is 9.59 Å². The first-order chi connectivity index (χ1) is 11.2. The number of esters is 2. The SMILES string of the molecule is COC(=O)CCCCCC/C=C/CCCCCCCC(=O)OC. The smallest absolute Gasteiger partial charge is 0.305 e. The van der Waals surface area contributed by atoms with Gasteiger partial charge in [-0.2, -0.15) is 0 Å². The predicted octanol–water partition coefficient (Wildman–Crippen LogP) is 4.96. The molecule has 0 spiro atoms. The molecular weight excluding hydrogens is 292 g/mol. The van der Waals surface area contributed by atoms with E-state index in [0.29, 0.717) is 12.8 Å². The van der Waals surface area contributed by atoms with Gasteiger partial charge in [-0.05, 0) is 38.5 Å². The molecule has 4 nitrogen and oxygen atoms in total. The van der Waals surface area contributed by atoms with Crippen LogP contribution in [0.2, 0.25) is 0 Å². The second kappa shape index (κ2) is 17.0. The summed E-state index contributed by atoms with van der Waals surface area (Å²) >= 11 is 0. The van der Waals surface area contributed by atoms with Crippen LogP contribution in [0.25, 0.3) is 0 Å². The lowest BCUT2D eigenvalue weighted by molar-refractivity contribution is -0.141. The van der Waals surface area contributed by atoms with Crippen LogP contribution in [-0.4, -0.2) is 26.2 Å². The maximum absolute atomic E-state index is 10.9. The summed E-state index contributed by atoms with van der Waals surface area (Å²) in [6, 6.07) is 0. The molecule has 0 aromatic rings. The summed E-state index contributed by atoms with van der Waals surface area (Å²) in [5.41, 5.74) is 0. The molecule has 0 rings (SSSR count). The van der Waals surface area contributed by atoms with Crippen molar-refractivity contribution in [2.75, 3.05) is 14.2 Å². The highest BCUT2D eigenvalue weighted by atomic mass is 16.5. The molecule has 23 heavy (non-hydrogen) atoms. The molecule has 0 fully saturated rings. The third-order valence-corrected chi connectivity index (χ3v) is 3.88. The Bertz CT molecular complexity index is 323. The van der Waals surface area contributed by atoms with E-state index in [1.54, 1.807) is 0 Å². The molecule has 0 heterocycles. The zero-order chi connectivity index (χ0) is 17.2. The summed E-state index contributed by atoms with van der Waals surface area (Å²) in [7, 11) is 2.88. The van der Waals surface area contributed by atoms with Crippen LogP contribution in [0.15, 0.2) is 12.2 Å². The zero-order valence-electron chi connectivity index (χ0n) is 15.0. The van der Waals surface area contributed by atoms with E-state index in [4.69, 9.17) is 0 Å². The molecule has 0 aliphatic rings. The van der Waals surface area contributed by atoms with Crippen LogP contribution in [0.1, 0.15) is 83.5 Å². The Morgan fingerprint density at radius 1 is 0.609 bits per heavy atom. The van der Waals surface area contributed by atoms with Crippen molar-refractivity contribution in [2.45, 2.75) is 83.5 Å². The van der Waals surface area contributed by atoms with Crippen molar-refractivity contribution >= 4 is 11.9 Å². The van der Waals surface area contributed by atoms with Crippen LogP contribution in [-0.2, 0) is 19.1 Å². The number of carbonyl (C=O) groups is 2. The third kappa shape index (κ3) is 16.9. The number of rotatable bonds is 15. The standard InChI is InChI=1S/C19H34O4/c1-22-18(20)16-14-12-10-8-6-4-3-5-7-9-11-13-15-17-19(21)23-2/h3-4H,5-17H2,1-2H3/b4-3+. The Kier molecular flexibility index (Phi) is 16.1. The monoisotopic (exact) mass is 326 g/mol. The van der Waals surface area contributed by atoms with E-state index in [1.165, 1.54) is 46.3 Å². The van der Waals surface area contributed by atoms with E-state index in [9.17, 15) is 9.59 Å². The van der Waals surface area contributed by atoms with Crippen LogP contribution in [0.4, 0.5) is 0 Å². The summed E-state index contributed by atoms with van der Waals surface area (Å²) in [4.78, 5) is 21.8. The van der Waals surface area contributed by atoms with Crippen molar-refractivity contribution in [3.05, 3.63) is 12.2 Å². The number of allylic oxidation sites excluding steroid dienone is 2. The maximum Gasteiger partial charge on any atom is 0.305 e. The topological polar surface area (TPSA) is 52.6 Å². The van der Waals surface area contributed by atoms with Gasteiger partial charge in [0.05, 0.1) is 14.2 Å². The minimum Gasteiger partial charge on any atom is -0.469 e. The molecule has 0 bridgehead atoms. The number of carbonyl (C=O) groups excluding carboxylic acids is 2. The summed E-state index contributed by atoms with van der Waals surface area (Å²) in [5.74, 6) is -0.201. The fraction of sp³-hybridized carbons (Fsp3) is 0.789. The predicted molar refractivity (Wildman–Crippen MR) is 93.2 cm³/mol. The van der Waals surface area contributed by atoms with Crippen molar-refractivity contribution < 1.29 is 19.1 Å². The fourth-order valence-electron chi connectivity index (χ4n) is 2.39. The first-order valence-electron chi connectivity index (χ1n) is 8.99. The second-order valence-electron chi connectivity index (χ2n) is 5.88. The lowest BCUT2D eigenvalue weighted by atomic mass is 10.1. The summed E-state index contributed by atoms with van der Waals surface area (Å²) in [5, 5.41) is 0. The van der Waals surface area contributed by atoms with E-state index >= 15 is 0 Å². The summed E-state index contributed by atoms with van der Waals surface area (Å²) in [6.45, 7) is 0.